The SMILES string of the molecule is CC(C)(C)CC(NC(=O)OCC1c2ccccc2-c2ccccc21)C(=O)N1CCOC(C(=O)O)C1. The number of hydrogen-bond acceptors (Lipinski definition) is 5. The number of amides is 2. The molecule has 0 saturated carbocycles. The Bertz CT molecular complexity index is 1060. The van der Waals surface area contributed by atoms with E-state index < -0.39 is 24.2 Å². The third kappa shape index (κ3) is 5.65. The van der Waals surface area contributed by atoms with Crippen LogP contribution < -0.4 is 5.32 Å². The average Bonchev–Trinajstić information content (AvgIpc) is 3.15. The minimum atomic E-state index is -1.11. The van der Waals surface area contributed by atoms with Crippen LogP contribution in [0, 0.1) is 5.41 Å². The molecule has 1 saturated heterocycles. The van der Waals surface area contributed by atoms with Crippen LogP contribution in [0.4, 0.5) is 4.79 Å². The smallest absolute Gasteiger partial charge is 0.407 e. The molecule has 35 heavy (non-hydrogen) atoms. The van der Waals surface area contributed by atoms with E-state index in [4.69, 9.17) is 9.47 Å². The van der Waals surface area contributed by atoms with Crippen LogP contribution in [0.15, 0.2) is 48.5 Å². The number of carboxylic acids is 1. The summed E-state index contributed by atoms with van der Waals surface area (Å²) < 4.78 is 10.9. The summed E-state index contributed by atoms with van der Waals surface area (Å²) in [5.74, 6) is -1.53. The first-order chi connectivity index (χ1) is 16.6. The van der Waals surface area contributed by atoms with Crippen molar-refractivity contribution >= 4 is 18.0 Å². The Labute approximate surface area is 205 Å². The molecule has 0 aromatic heterocycles. The third-order valence-electron chi connectivity index (χ3n) is 6.40. The number of alkyl carbamates (subject to hydrolysis) is 1. The van der Waals surface area contributed by atoms with Crippen molar-refractivity contribution in [3.63, 3.8) is 0 Å². The van der Waals surface area contributed by atoms with E-state index in [0.717, 1.165) is 22.3 Å². The van der Waals surface area contributed by atoms with Gasteiger partial charge in [0, 0.05) is 12.5 Å². The zero-order valence-corrected chi connectivity index (χ0v) is 20.3. The van der Waals surface area contributed by atoms with Gasteiger partial charge in [0.2, 0.25) is 5.91 Å². The fraction of sp³-hybridized carbons (Fsp3) is 0.444. The first-order valence-electron chi connectivity index (χ1n) is 11.9. The second-order valence-corrected chi connectivity index (χ2v) is 10.3. The number of rotatable bonds is 6. The van der Waals surface area contributed by atoms with Gasteiger partial charge < -0.3 is 24.8 Å². The molecular weight excluding hydrogens is 448 g/mol. The van der Waals surface area contributed by atoms with E-state index in [1.54, 1.807) is 0 Å². The number of fused-ring (bicyclic) bond motifs is 3. The molecule has 2 aliphatic rings. The standard InChI is InChI=1S/C27H32N2O6/c1-27(2,3)14-22(24(30)29-12-13-34-23(15-29)25(31)32)28-26(33)35-16-21-19-10-6-4-8-17(19)18-9-5-7-11-20(18)21/h4-11,21-23H,12-16H2,1-3H3,(H,28,33)(H,31,32). The van der Waals surface area contributed by atoms with Gasteiger partial charge in [-0.15, -0.1) is 0 Å². The number of carbonyl (C=O) groups is 3. The molecule has 0 bridgehead atoms. The van der Waals surface area contributed by atoms with Crippen LogP contribution in [0.25, 0.3) is 11.1 Å². The highest BCUT2D eigenvalue weighted by molar-refractivity contribution is 5.86. The maximum Gasteiger partial charge on any atom is 0.407 e. The molecule has 1 aliphatic carbocycles. The maximum absolute atomic E-state index is 13.3. The number of aliphatic carboxylic acids is 1. The van der Waals surface area contributed by atoms with Crippen molar-refractivity contribution in [2.75, 3.05) is 26.3 Å². The van der Waals surface area contributed by atoms with Crippen molar-refractivity contribution in [1.29, 1.82) is 0 Å². The summed E-state index contributed by atoms with van der Waals surface area (Å²) >= 11 is 0. The molecule has 0 radical (unpaired) electrons. The highest BCUT2D eigenvalue weighted by atomic mass is 16.5. The number of carbonyl (C=O) groups excluding carboxylic acids is 2. The molecule has 1 aliphatic heterocycles. The summed E-state index contributed by atoms with van der Waals surface area (Å²) in [6.45, 7) is 6.44. The van der Waals surface area contributed by atoms with Crippen LogP contribution in [0.5, 0.6) is 0 Å². The Kier molecular flexibility index (Phi) is 7.12. The lowest BCUT2D eigenvalue weighted by Gasteiger charge is -2.35. The summed E-state index contributed by atoms with van der Waals surface area (Å²) in [6.07, 6.45) is -1.36. The van der Waals surface area contributed by atoms with Crippen molar-refractivity contribution in [2.24, 2.45) is 5.41 Å². The zero-order chi connectivity index (χ0) is 25.2. The van der Waals surface area contributed by atoms with E-state index in [9.17, 15) is 19.5 Å². The second-order valence-electron chi connectivity index (χ2n) is 10.3. The Hall–Kier alpha value is -3.39. The molecule has 4 rings (SSSR count). The van der Waals surface area contributed by atoms with Crippen molar-refractivity contribution in [1.82, 2.24) is 10.2 Å². The number of benzene rings is 2. The molecule has 2 aromatic carbocycles. The Morgan fingerprint density at radius 3 is 2.26 bits per heavy atom. The fourth-order valence-electron chi connectivity index (χ4n) is 4.81. The van der Waals surface area contributed by atoms with Gasteiger partial charge in [0.25, 0.3) is 0 Å². The Morgan fingerprint density at radius 1 is 1.09 bits per heavy atom. The molecule has 0 spiro atoms. The molecule has 2 aromatic rings. The zero-order valence-electron chi connectivity index (χ0n) is 20.3. The van der Waals surface area contributed by atoms with Gasteiger partial charge in [-0.05, 0) is 34.1 Å². The van der Waals surface area contributed by atoms with Gasteiger partial charge in [-0.2, -0.15) is 0 Å². The van der Waals surface area contributed by atoms with E-state index in [1.807, 2.05) is 57.2 Å². The summed E-state index contributed by atoms with van der Waals surface area (Å²) in [5.41, 5.74) is 4.24. The highest BCUT2D eigenvalue weighted by Crippen LogP contribution is 2.44. The largest absolute Gasteiger partial charge is 0.479 e. The van der Waals surface area contributed by atoms with Crippen LogP contribution in [0.2, 0.25) is 0 Å². The van der Waals surface area contributed by atoms with Gasteiger partial charge in [0.1, 0.15) is 12.6 Å². The predicted molar refractivity (Wildman–Crippen MR) is 130 cm³/mol. The first kappa shape index (κ1) is 24.7. The quantitative estimate of drug-likeness (QED) is 0.654. The van der Waals surface area contributed by atoms with Crippen LogP contribution in [-0.2, 0) is 19.1 Å². The number of nitrogens with one attached hydrogen (secondary N) is 1. The van der Waals surface area contributed by atoms with Crippen molar-refractivity contribution in [3.05, 3.63) is 59.7 Å². The number of ether oxygens (including phenoxy) is 2. The summed E-state index contributed by atoms with van der Waals surface area (Å²) in [4.78, 5) is 38.9. The lowest BCUT2D eigenvalue weighted by molar-refractivity contribution is -0.160. The maximum atomic E-state index is 13.3. The molecule has 2 amide bonds. The number of morpholine rings is 1. The topological polar surface area (TPSA) is 105 Å². The molecular formula is C27H32N2O6. The van der Waals surface area contributed by atoms with Crippen molar-refractivity contribution in [2.45, 2.75) is 45.3 Å². The molecule has 1 fully saturated rings. The normalized spacial score (nSPS) is 18.4. The minimum absolute atomic E-state index is 0.0544. The fourth-order valence-corrected chi connectivity index (χ4v) is 4.81. The van der Waals surface area contributed by atoms with Crippen molar-refractivity contribution in [3.8, 4) is 11.1 Å². The Balaban J connectivity index is 1.44. The van der Waals surface area contributed by atoms with Crippen molar-refractivity contribution < 1.29 is 29.0 Å². The van der Waals surface area contributed by atoms with E-state index >= 15 is 0 Å². The lowest BCUT2D eigenvalue weighted by Crippen LogP contribution is -2.55. The van der Waals surface area contributed by atoms with Gasteiger partial charge >= 0.3 is 12.1 Å². The number of nitrogens with zero attached hydrogens (tertiary/aromatic N) is 1. The van der Waals surface area contributed by atoms with Crippen LogP contribution in [0.3, 0.4) is 0 Å². The lowest BCUT2D eigenvalue weighted by atomic mass is 9.87. The van der Waals surface area contributed by atoms with E-state index in [1.165, 1.54) is 4.90 Å². The number of hydrogen-bond donors (Lipinski definition) is 2. The van der Waals surface area contributed by atoms with Gasteiger partial charge in [0.05, 0.1) is 13.2 Å². The Morgan fingerprint density at radius 2 is 1.69 bits per heavy atom. The summed E-state index contributed by atoms with van der Waals surface area (Å²) in [5, 5.41) is 12.0. The molecule has 2 unspecified atom stereocenters. The van der Waals surface area contributed by atoms with E-state index in [0.29, 0.717) is 6.42 Å². The molecule has 1 heterocycles. The minimum Gasteiger partial charge on any atom is -0.479 e. The van der Waals surface area contributed by atoms with Crippen LogP contribution in [-0.4, -0.2) is 66.4 Å². The monoisotopic (exact) mass is 480 g/mol. The second kappa shape index (κ2) is 10.1. The molecule has 8 heteroatoms. The van der Waals surface area contributed by atoms with Gasteiger partial charge in [0.15, 0.2) is 6.10 Å². The van der Waals surface area contributed by atoms with E-state index in [-0.39, 0.29) is 43.5 Å². The van der Waals surface area contributed by atoms with E-state index in [2.05, 4.69) is 17.4 Å². The summed E-state index contributed by atoms with van der Waals surface area (Å²) in [6, 6.07) is 15.3. The molecule has 2 N–H and O–H groups in total. The average molecular weight is 481 g/mol. The highest BCUT2D eigenvalue weighted by Gasteiger charge is 2.36. The third-order valence-corrected chi connectivity index (χ3v) is 6.40. The molecule has 2 atom stereocenters. The van der Waals surface area contributed by atoms with Crippen LogP contribution >= 0.6 is 0 Å². The predicted octanol–water partition coefficient (Wildman–Crippen LogP) is 3.64. The summed E-state index contributed by atoms with van der Waals surface area (Å²) in [7, 11) is 0. The molecule has 8 nitrogen and oxygen atoms in total. The number of carboxylic acid groups (broad SMARTS) is 1. The van der Waals surface area contributed by atoms with Gasteiger partial charge in [-0.1, -0.05) is 69.3 Å². The van der Waals surface area contributed by atoms with Gasteiger partial charge in [-0.3, -0.25) is 4.79 Å². The first-order valence-corrected chi connectivity index (χ1v) is 11.9. The van der Waals surface area contributed by atoms with Crippen LogP contribution in [0.1, 0.15) is 44.2 Å². The van der Waals surface area contributed by atoms with Gasteiger partial charge in [-0.25, -0.2) is 9.59 Å². The molecule has 186 valence electrons.